The van der Waals surface area contributed by atoms with Gasteiger partial charge in [0.15, 0.2) is 6.61 Å². The number of primary amides is 1. The molecule has 0 saturated heterocycles. The van der Waals surface area contributed by atoms with Crippen LogP contribution in [0.25, 0.3) is 0 Å². The number of ether oxygens (including phenoxy) is 2. The topological polar surface area (TPSA) is 138 Å². The van der Waals surface area contributed by atoms with Crippen molar-refractivity contribution < 1.29 is 33.1 Å². The molecular formula is C16H16N2O7S. The summed E-state index contributed by atoms with van der Waals surface area (Å²) in [6, 6.07) is 1.55. The number of thiophene rings is 1. The highest BCUT2D eigenvalue weighted by Crippen LogP contribution is 2.27. The molecule has 2 rings (SSSR count). The van der Waals surface area contributed by atoms with E-state index in [9.17, 15) is 19.2 Å². The molecule has 0 aliphatic rings. The smallest absolute Gasteiger partial charge is 0.342 e. The quantitative estimate of drug-likeness (QED) is 0.697. The van der Waals surface area contributed by atoms with Gasteiger partial charge in [0.25, 0.3) is 11.8 Å². The average Bonchev–Trinajstić information content (AvgIpc) is 3.20. The molecule has 2 aromatic rings. The first kappa shape index (κ1) is 19.2. The van der Waals surface area contributed by atoms with Crippen LogP contribution in [-0.4, -0.2) is 37.0 Å². The predicted molar refractivity (Wildman–Crippen MR) is 91.2 cm³/mol. The minimum absolute atomic E-state index is 0.0582. The van der Waals surface area contributed by atoms with E-state index in [-0.39, 0.29) is 29.4 Å². The number of amides is 2. The number of rotatable bonds is 7. The van der Waals surface area contributed by atoms with Crippen molar-refractivity contribution in [1.82, 2.24) is 0 Å². The van der Waals surface area contributed by atoms with E-state index < -0.39 is 30.4 Å². The second-order valence-corrected chi connectivity index (χ2v) is 5.74. The number of esters is 2. The van der Waals surface area contributed by atoms with Gasteiger partial charge in [0, 0.05) is 5.38 Å². The molecule has 2 amide bonds. The van der Waals surface area contributed by atoms with Crippen molar-refractivity contribution in [2.24, 2.45) is 5.73 Å². The van der Waals surface area contributed by atoms with Gasteiger partial charge < -0.3 is 19.6 Å². The third-order valence-electron chi connectivity index (χ3n) is 3.15. The van der Waals surface area contributed by atoms with Crippen LogP contribution in [0.1, 0.15) is 43.8 Å². The Morgan fingerprint density at radius 1 is 1.19 bits per heavy atom. The monoisotopic (exact) mass is 380 g/mol. The van der Waals surface area contributed by atoms with Crippen molar-refractivity contribution in [2.75, 3.05) is 18.5 Å². The fourth-order valence-corrected chi connectivity index (χ4v) is 2.70. The van der Waals surface area contributed by atoms with Gasteiger partial charge in [0.1, 0.15) is 16.9 Å². The summed E-state index contributed by atoms with van der Waals surface area (Å²) in [5, 5.41) is 5.53. The van der Waals surface area contributed by atoms with E-state index >= 15 is 0 Å². The van der Waals surface area contributed by atoms with E-state index in [0.717, 1.165) is 0 Å². The number of nitrogens with two attached hydrogens (primary N) is 1. The van der Waals surface area contributed by atoms with E-state index in [1.165, 1.54) is 18.3 Å². The number of hydrogen-bond acceptors (Lipinski definition) is 8. The molecule has 0 bridgehead atoms. The van der Waals surface area contributed by atoms with E-state index in [2.05, 4.69) is 5.32 Å². The fourth-order valence-electron chi connectivity index (χ4n) is 2.07. The van der Waals surface area contributed by atoms with Crippen LogP contribution in [0.15, 0.2) is 21.2 Å². The zero-order valence-electron chi connectivity index (χ0n) is 14.0. The van der Waals surface area contributed by atoms with Crippen molar-refractivity contribution in [3.8, 4) is 0 Å². The number of carbonyl (C=O) groups excluding carboxylic acids is 4. The maximum Gasteiger partial charge on any atom is 0.342 e. The first-order valence-corrected chi connectivity index (χ1v) is 8.38. The average molecular weight is 380 g/mol. The minimum Gasteiger partial charge on any atom is -0.462 e. The van der Waals surface area contributed by atoms with Gasteiger partial charge in [-0.3, -0.25) is 14.9 Å². The molecule has 2 heterocycles. The van der Waals surface area contributed by atoms with Gasteiger partial charge in [0.05, 0.1) is 12.2 Å². The molecule has 3 N–H and O–H groups in total. The van der Waals surface area contributed by atoms with Crippen LogP contribution < -0.4 is 11.1 Å². The Balaban J connectivity index is 2.12. The summed E-state index contributed by atoms with van der Waals surface area (Å²) in [5.41, 5.74) is 5.13. The Morgan fingerprint density at radius 3 is 2.50 bits per heavy atom. The van der Waals surface area contributed by atoms with Gasteiger partial charge >= 0.3 is 11.9 Å². The largest absolute Gasteiger partial charge is 0.462 e. The molecule has 0 aliphatic heterocycles. The molecule has 0 saturated carbocycles. The summed E-state index contributed by atoms with van der Waals surface area (Å²) < 4.78 is 15.0. The van der Waals surface area contributed by atoms with Crippen molar-refractivity contribution in [3.05, 3.63) is 39.3 Å². The first-order chi connectivity index (χ1) is 12.3. The van der Waals surface area contributed by atoms with Gasteiger partial charge in [-0.05, 0) is 25.3 Å². The second-order valence-electron chi connectivity index (χ2n) is 4.96. The fraction of sp³-hybridized carbons (Fsp3) is 0.250. The van der Waals surface area contributed by atoms with Crippen LogP contribution in [0.4, 0.5) is 5.88 Å². The van der Waals surface area contributed by atoms with E-state index in [1.54, 1.807) is 23.8 Å². The Hall–Kier alpha value is -3.14. The Labute approximate surface area is 152 Å². The lowest BCUT2D eigenvalue weighted by atomic mass is 10.1. The van der Waals surface area contributed by atoms with E-state index in [1.807, 2.05) is 0 Å². The molecule has 0 aliphatic carbocycles. The lowest BCUT2D eigenvalue weighted by molar-refractivity contribution is -0.119. The van der Waals surface area contributed by atoms with E-state index in [0.29, 0.717) is 5.56 Å². The van der Waals surface area contributed by atoms with Crippen LogP contribution in [-0.2, 0) is 14.3 Å². The van der Waals surface area contributed by atoms with Crippen LogP contribution in [0.5, 0.6) is 0 Å². The van der Waals surface area contributed by atoms with Crippen molar-refractivity contribution in [3.63, 3.8) is 0 Å². The van der Waals surface area contributed by atoms with Crippen molar-refractivity contribution in [1.29, 1.82) is 0 Å². The highest BCUT2D eigenvalue weighted by atomic mass is 32.1. The third kappa shape index (κ3) is 4.28. The zero-order chi connectivity index (χ0) is 19.3. The molecule has 2 aromatic heterocycles. The molecule has 0 fully saturated rings. The molecule has 0 radical (unpaired) electrons. The summed E-state index contributed by atoms with van der Waals surface area (Å²) in [6.07, 6.45) is 0. The number of carbonyl (C=O) groups is 4. The Bertz CT molecular complexity index is 839. The highest BCUT2D eigenvalue weighted by Gasteiger charge is 2.29. The van der Waals surface area contributed by atoms with E-state index in [4.69, 9.17) is 19.6 Å². The molecular weight excluding hydrogens is 364 g/mol. The molecule has 0 spiro atoms. The number of anilines is 1. The molecule has 0 atom stereocenters. The van der Waals surface area contributed by atoms with Gasteiger partial charge in [-0.2, -0.15) is 11.3 Å². The van der Waals surface area contributed by atoms with Crippen LogP contribution in [0.3, 0.4) is 0 Å². The summed E-state index contributed by atoms with van der Waals surface area (Å²) in [4.78, 5) is 47.3. The van der Waals surface area contributed by atoms with Crippen LogP contribution in [0.2, 0.25) is 0 Å². The number of aryl methyl sites for hydroxylation is 1. The SMILES string of the molecule is CCOC(=O)c1c(C)oc(NC(=O)COC(=O)c2ccsc2)c1C(N)=O. The number of hydrogen-bond donors (Lipinski definition) is 2. The normalized spacial score (nSPS) is 10.2. The first-order valence-electron chi connectivity index (χ1n) is 7.44. The van der Waals surface area contributed by atoms with Gasteiger partial charge in [0.2, 0.25) is 5.88 Å². The van der Waals surface area contributed by atoms with Gasteiger partial charge in [-0.25, -0.2) is 9.59 Å². The molecule has 9 nitrogen and oxygen atoms in total. The summed E-state index contributed by atoms with van der Waals surface area (Å²) in [5.74, 6) is -3.46. The number of furan rings is 1. The minimum atomic E-state index is -0.976. The van der Waals surface area contributed by atoms with Crippen LogP contribution in [0, 0.1) is 6.92 Å². The predicted octanol–water partition coefficient (Wildman–Crippen LogP) is 1.72. The van der Waals surface area contributed by atoms with Gasteiger partial charge in [-0.15, -0.1) is 0 Å². The third-order valence-corrected chi connectivity index (χ3v) is 3.84. The van der Waals surface area contributed by atoms with Gasteiger partial charge in [-0.1, -0.05) is 0 Å². The maximum atomic E-state index is 12.0. The summed E-state index contributed by atoms with van der Waals surface area (Å²) in [7, 11) is 0. The molecule has 0 aromatic carbocycles. The molecule has 138 valence electrons. The highest BCUT2D eigenvalue weighted by molar-refractivity contribution is 7.08. The molecule has 26 heavy (non-hydrogen) atoms. The van der Waals surface area contributed by atoms with Crippen molar-refractivity contribution in [2.45, 2.75) is 13.8 Å². The zero-order valence-corrected chi connectivity index (χ0v) is 14.8. The lowest BCUT2D eigenvalue weighted by Crippen LogP contribution is -2.23. The molecule has 10 heteroatoms. The van der Waals surface area contributed by atoms with Crippen LogP contribution >= 0.6 is 11.3 Å². The Kier molecular flexibility index (Phi) is 6.12. The maximum absolute atomic E-state index is 12.0. The summed E-state index contributed by atoms with van der Waals surface area (Å²) >= 11 is 1.31. The lowest BCUT2D eigenvalue weighted by Gasteiger charge is -2.05. The standard InChI is InChI=1S/C16H16N2O7S/c1-3-23-16(22)11-8(2)25-14(12(11)13(17)20)18-10(19)6-24-15(21)9-4-5-26-7-9/h4-5,7H,3,6H2,1-2H3,(H2,17,20)(H,18,19). The number of nitrogens with one attached hydrogen (secondary N) is 1. The second kappa shape index (κ2) is 8.30. The molecule has 0 unspecified atom stereocenters. The summed E-state index contributed by atoms with van der Waals surface area (Å²) in [6.45, 7) is 2.50. The Morgan fingerprint density at radius 2 is 1.92 bits per heavy atom. The van der Waals surface area contributed by atoms with Crippen molar-refractivity contribution >= 4 is 41.0 Å².